The van der Waals surface area contributed by atoms with Crippen molar-refractivity contribution in [1.82, 2.24) is 9.47 Å². The number of hydrogen-bond acceptors (Lipinski definition) is 3. The summed E-state index contributed by atoms with van der Waals surface area (Å²) in [5, 5.41) is 0.738. The molecule has 1 aliphatic heterocycles. The maximum absolute atomic E-state index is 12.6. The van der Waals surface area contributed by atoms with E-state index in [9.17, 15) is 4.79 Å². The molecule has 3 rings (SSSR count). The summed E-state index contributed by atoms with van der Waals surface area (Å²) in [5.74, 6) is -0.0661. The van der Waals surface area contributed by atoms with Crippen LogP contribution in [-0.4, -0.2) is 26.2 Å². The molecule has 0 aliphatic carbocycles. The van der Waals surface area contributed by atoms with Crippen LogP contribution < -0.4 is 0 Å². The summed E-state index contributed by atoms with van der Waals surface area (Å²) < 4.78 is 2.73. The van der Waals surface area contributed by atoms with Gasteiger partial charge in [0.15, 0.2) is 0 Å². The minimum Gasteiger partial charge on any atom is -0.318 e. The van der Waals surface area contributed by atoms with Gasteiger partial charge < -0.3 is 4.57 Å². The first-order valence-electron chi connectivity index (χ1n) is 8.15. The average Bonchev–Trinajstić information content (AvgIpc) is 3.01. The van der Waals surface area contributed by atoms with E-state index in [2.05, 4.69) is 23.3 Å². The zero-order chi connectivity index (χ0) is 19.0. The quantitative estimate of drug-likeness (QED) is 0.386. The number of halogens is 1. The van der Waals surface area contributed by atoms with Crippen molar-refractivity contribution in [3.8, 4) is 5.69 Å². The molecule has 1 aliphatic rings. The van der Waals surface area contributed by atoms with Gasteiger partial charge in [-0.2, -0.15) is 0 Å². The second kappa shape index (κ2) is 7.43. The van der Waals surface area contributed by atoms with Gasteiger partial charge in [-0.3, -0.25) is 9.69 Å². The van der Waals surface area contributed by atoms with Gasteiger partial charge >= 0.3 is 0 Å². The number of hydrogen-bond donors (Lipinski definition) is 0. The third kappa shape index (κ3) is 3.27. The van der Waals surface area contributed by atoms with Crippen LogP contribution in [0.15, 0.2) is 41.8 Å². The average molecular weight is 403 g/mol. The van der Waals surface area contributed by atoms with Crippen molar-refractivity contribution in [2.75, 3.05) is 6.54 Å². The van der Waals surface area contributed by atoms with Gasteiger partial charge in [-0.05, 0) is 56.2 Å². The molecule has 2 heterocycles. The molecule has 26 heavy (non-hydrogen) atoms. The standard InChI is InChI=1S/C20H19ClN2OS2/c1-5-9-22-19(24)18(26-20(22)25)11-15-10-12(2)23(14(15)4)17-8-6-7-16(21)13(17)3/h5-8,10-11H,1,9H2,2-4H3/b18-11-. The van der Waals surface area contributed by atoms with E-state index in [0.29, 0.717) is 15.8 Å². The van der Waals surface area contributed by atoms with Gasteiger partial charge in [0.05, 0.1) is 4.91 Å². The Morgan fingerprint density at radius 1 is 1.31 bits per heavy atom. The lowest BCUT2D eigenvalue weighted by Gasteiger charge is -2.13. The van der Waals surface area contributed by atoms with E-state index >= 15 is 0 Å². The Morgan fingerprint density at radius 3 is 2.73 bits per heavy atom. The molecule has 0 saturated carbocycles. The van der Waals surface area contributed by atoms with Crippen LogP contribution >= 0.6 is 35.6 Å². The molecule has 1 aromatic carbocycles. The fourth-order valence-electron chi connectivity index (χ4n) is 3.07. The van der Waals surface area contributed by atoms with E-state index in [4.69, 9.17) is 23.8 Å². The predicted octanol–water partition coefficient (Wildman–Crippen LogP) is 5.44. The fourth-order valence-corrected chi connectivity index (χ4v) is 4.51. The lowest BCUT2D eigenvalue weighted by molar-refractivity contribution is -0.121. The maximum atomic E-state index is 12.6. The number of aromatic nitrogens is 1. The van der Waals surface area contributed by atoms with Crippen LogP contribution in [0.1, 0.15) is 22.5 Å². The third-order valence-electron chi connectivity index (χ3n) is 4.42. The van der Waals surface area contributed by atoms with Crippen molar-refractivity contribution < 1.29 is 4.79 Å². The van der Waals surface area contributed by atoms with E-state index in [1.807, 2.05) is 39.0 Å². The molecule has 0 N–H and O–H groups in total. The van der Waals surface area contributed by atoms with Gasteiger partial charge in [-0.25, -0.2) is 0 Å². The molecule has 134 valence electrons. The molecule has 3 nitrogen and oxygen atoms in total. The Hall–Kier alpha value is -1.82. The van der Waals surface area contributed by atoms with E-state index in [-0.39, 0.29) is 5.91 Å². The summed E-state index contributed by atoms with van der Waals surface area (Å²) in [6.07, 6.45) is 3.60. The van der Waals surface area contributed by atoms with Crippen LogP contribution in [0, 0.1) is 20.8 Å². The molecule has 0 unspecified atom stereocenters. The number of carbonyl (C=O) groups is 1. The molecule has 2 aromatic rings. The smallest absolute Gasteiger partial charge is 0.266 e. The second-order valence-corrected chi connectivity index (χ2v) is 8.21. The molecule has 1 fully saturated rings. The van der Waals surface area contributed by atoms with Crippen LogP contribution in [0.4, 0.5) is 0 Å². The van der Waals surface area contributed by atoms with Crippen molar-refractivity contribution in [2.24, 2.45) is 0 Å². The van der Waals surface area contributed by atoms with Crippen LogP contribution in [0.2, 0.25) is 5.02 Å². The lowest BCUT2D eigenvalue weighted by atomic mass is 10.2. The van der Waals surface area contributed by atoms with Crippen molar-refractivity contribution in [1.29, 1.82) is 0 Å². The SMILES string of the molecule is C=CCN1C(=O)/C(=C/c2cc(C)n(-c3cccc(Cl)c3C)c2C)SC1=S. The highest BCUT2D eigenvalue weighted by Crippen LogP contribution is 2.34. The van der Waals surface area contributed by atoms with Crippen molar-refractivity contribution in [3.05, 3.63) is 69.4 Å². The minimum atomic E-state index is -0.0661. The van der Waals surface area contributed by atoms with E-state index in [0.717, 1.165) is 33.2 Å². The molecule has 1 saturated heterocycles. The lowest BCUT2D eigenvalue weighted by Crippen LogP contribution is -2.27. The topological polar surface area (TPSA) is 25.2 Å². The van der Waals surface area contributed by atoms with Crippen LogP contribution in [0.25, 0.3) is 11.8 Å². The molecular formula is C20H19ClN2OS2. The molecule has 1 aromatic heterocycles. The van der Waals surface area contributed by atoms with Crippen LogP contribution in [-0.2, 0) is 4.79 Å². The van der Waals surface area contributed by atoms with Gasteiger partial charge in [0.2, 0.25) is 0 Å². The van der Waals surface area contributed by atoms with Crippen molar-refractivity contribution in [3.63, 3.8) is 0 Å². The van der Waals surface area contributed by atoms with Crippen molar-refractivity contribution >= 4 is 51.9 Å². The van der Waals surface area contributed by atoms with E-state index < -0.39 is 0 Å². The number of nitrogens with zero attached hydrogens (tertiary/aromatic N) is 2. The number of amides is 1. The van der Waals surface area contributed by atoms with E-state index in [1.54, 1.807) is 11.0 Å². The summed E-state index contributed by atoms with van der Waals surface area (Å²) >= 11 is 12.9. The molecular weight excluding hydrogens is 384 g/mol. The fraction of sp³-hybridized carbons (Fsp3) is 0.200. The Labute approximate surface area is 168 Å². The highest BCUT2D eigenvalue weighted by Gasteiger charge is 2.31. The van der Waals surface area contributed by atoms with Gasteiger partial charge in [0.1, 0.15) is 4.32 Å². The zero-order valence-corrected chi connectivity index (χ0v) is 17.3. The largest absolute Gasteiger partial charge is 0.318 e. The van der Waals surface area contributed by atoms with Gasteiger partial charge in [0, 0.05) is 28.6 Å². The highest BCUT2D eigenvalue weighted by molar-refractivity contribution is 8.26. The first kappa shape index (κ1) is 19.0. The molecule has 1 amide bonds. The monoisotopic (exact) mass is 402 g/mol. The Kier molecular flexibility index (Phi) is 5.42. The second-order valence-electron chi connectivity index (χ2n) is 6.13. The number of carbonyl (C=O) groups excluding carboxylic acids is 1. The van der Waals surface area contributed by atoms with Crippen LogP contribution in [0.3, 0.4) is 0 Å². The predicted molar refractivity (Wildman–Crippen MR) is 115 cm³/mol. The molecule has 0 radical (unpaired) electrons. The van der Waals surface area contributed by atoms with Gasteiger partial charge in [-0.15, -0.1) is 6.58 Å². The summed E-state index contributed by atoms with van der Waals surface area (Å²) in [5.41, 5.74) is 5.22. The normalized spacial score (nSPS) is 16.0. The number of aryl methyl sites for hydroxylation is 1. The number of benzene rings is 1. The number of thiocarbonyl (C=S) groups is 1. The maximum Gasteiger partial charge on any atom is 0.266 e. The van der Waals surface area contributed by atoms with E-state index in [1.165, 1.54) is 11.8 Å². The van der Waals surface area contributed by atoms with Gasteiger partial charge in [0.25, 0.3) is 5.91 Å². The molecule has 6 heteroatoms. The minimum absolute atomic E-state index is 0.0661. The Balaban J connectivity index is 2.04. The first-order chi connectivity index (χ1) is 12.3. The number of rotatable bonds is 4. The Morgan fingerprint density at radius 2 is 2.04 bits per heavy atom. The molecule has 0 spiro atoms. The summed E-state index contributed by atoms with van der Waals surface area (Å²) in [7, 11) is 0. The molecule has 0 atom stereocenters. The Bertz CT molecular complexity index is 959. The zero-order valence-electron chi connectivity index (χ0n) is 14.9. The first-order valence-corrected chi connectivity index (χ1v) is 9.76. The van der Waals surface area contributed by atoms with Crippen LogP contribution in [0.5, 0.6) is 0 Å². The van der Waals surface area contributed by atoms with Gasteiger partial charge in [-0.1, -0.05) is 47.7 Å². The number of thioether (sulfide) groups is 1. The third-order valence-corrected chi connectivity index (χ3v) is 6.21. The molecule has 0 bridgehead atoms. The summed E-state index contributed by atoms with van der Waals surface area (Å²) in [4.78, 5) is 14.8. The highest BCUT2D eigenvalue weighted by atomic mass is 35.5. The summed E-state index contributed by atoms with van der Waals surface area (Å²) in [6, 6.07) is 7.97. The summed E-state index contributed by atoms with van der Waals surface area (Å²) in [6.45, 7) is 10.2. The van der Waals surface area contributed by atoms with Crippen molar-refractivity contribution in [2.45, 2.75) is 20.8 Å².